The Hall–Kier alpha value is -1.80. The Kier molecular flexibility index (Phi) is 10.0. The maximum absolute atomic E-state index is 6.13. The number of aryl methyl sites for hydroxylation is 3. The fourth-order valence-electron chi connectivity index (χ4n) is 3.59. The van der Waals surface area contributed by atoms with E-state index in [0.29, 0.717) is 0 Å². The number of nitrogens with zero attached hydrogens (tertiary/aromatic N) is 1. The Morgan fingerprint density at radius 3 is 1.96 bits per heavy atom. The highest BCUT2D eigenvalue weighted by Gasteiger charge is 2.06. The van der Waals surface area contributed by atoms with Crippen LogP contribution >= 0.6 is 0 Å². The van der Waals surface area contributed by atoms with E-state index in [1.165, 1.54) is 42.5 Å². The molecule has 0 heterocycles. The van der Waals surface area contributed by atoms with E-state index in [4.69, 9.17) is 4.74 Å². The number of para-hydroxylation sites is 1. The molecule has 148 valence electrons. The van der Waals surface area contributed by atoms with Crippen LogP contribution in [-0.4, -0.2) is 31.1 Å². The smallest absolute Gasteiger partial charge is 0.122 e. The van der Waals surface area contributed by atoms with Gasteiger partial charge in [-0.1, -0.05) is 69.7 Å². The molecule has 0 saturated heterocycles. The highest BCUT2D eigenvalue weighted by Crippen LogP contribution is 2.22. The number of hydrogen-bond donors (Lipinski definition) is 0. The highest BCUT2D eigenvalue weighted by molar-refractivity contribution is 5.35. The molecule has 2 aromatic carbocycles. The molecule has 0 fully saturated rings. The average molecular weight is 368 g/mol. The molecule has 0 radical (unpaired) electrons. The Labute approximate surface area is 166 Å². The highest BCUT2D eigenvalue weighted by atomic mass is 16.5. The van der Waals surface area contributed by atoms with Gasteiger partial charge in [0.15, 0.2) is 0 Å². The predicted octanol–water partition coefficient (Wildman–Crippen LogP) is 5.93. The molecule has 0 atom stereocenters. The van der Waals surface area contributed by atoms with Gasteiger partial charge in [-0.05, 0) is 74.5 Å². The standard InChI is InChI=1S/C25H37NO/c1-4-13-22-14-7-8-15-23(22)18-19-24-16-9-10-17-25(24)27-21-12-11-20-26(5-2)6-3/h7-10,14-17H,4-6,11-13,18-21H2,1-3H3. The van der Waals surface area contributed by atoms with E-state index in [1.807, 2.05) is 0 Å². The minimum atomic E-state index is 0.810. The van der Waals surface area contributed by atoms with Crippen molar-refractivity contribution >= 4 is 0 Å². The first-order valence-electron chi connectivity index (χ1n) is 10.8. The summed E-state index contributed by atoms with van der Waals surface area (Å²) in [5.74, 6) is 1.06. The van der Waals surface area contributed by atoms with E-state index >= 15 is 0 Å². The minimum absolute atomic E-state index is 0.810. The molecule has 2 rings (SSSR count). The lowest BCUT2D eigenvalue weighted by Crippen LogP contribution is -2.24. The first-order chi connectivity index (χ1) is 13.3. The normalized spacial score (nSPS) is 11.1. The lowest BCUT2D eigenvalue weighted by atomic mass is 9.97. The van der Waals surface area contributed by atoms with Crippen LogP contribution in [-0.2, 0) is 19.3 Å². The van der Waals surface area contributed by atoms with Crippen LogP contribution in [0.4, 0.5) is 0 Å². The number of ether oxygens (including phenoxy) is 1. The molecule has 2 aromatic rings. The van der Waals surface area contributed by atoms with Gasteiger partial charge in [0.2, 0.25) is 0 Å². The molecule has 2 nitrogen and oxygen atoms in total. The van der Waals surface area contributed by atoms with Crippen LogP contribution in [0.1, 0.15) is 56.7 Å². The zero-order chi connectivity index (χ0) is 19.3. The monoisotopic (exact) mass is 367 g/mol. The van der Waals surface area contributed by atoms with Crippen molar-refractivity contribution in [2.45, 2.75) is 59.3 Å². The molecular weight excluding hydrogens is 330 g/mol. The number of rotatable bonds is 13. The van der Waals surface area contributed by atoms with Crippen molar-refractivity contribution in [2.24, 2.45) is 0 Å². The summed E-state index contributed by atoms with van der Waals surface area (Å²) in [4.78, 5) is 2.47. The van der Waals surface area contributed by atoms with Gasteiger partial charge in [0.25, 0.3) is 0 Å². The van der Waals surface area contributed by atoms with Gasteiger partial charge in [0, 0.05) is 0 Å². The van der Waals surface area contributed by atoms with Crippen LogP contribution in [0, 0.1) is 0 Å². The van der Waals surface area contributed by atoms with Crippen LogP contribution in [0.3, 0.4) is 0 Å². The molecule has 0 unspecified atom stereocenters. The van der Waals surface area contributed by atoms with Crippen LogP contribution in [0.25, 0.3) is 0 Å². The molecule has 0 saturated carbocycles. The summed E-state index contributed by atoms with van der Waals surface area (Å²) in [5, 5.41) is 0. The molecule has 2 heteroatoms. The second-order valence-corrected chi connectivity index (χ2v) is 7.21. The van der Waals surface area contributed by atoms with Crippen molar-refractivity contribution < 1.29 is 4.74 Å². The van der Waals surface area contributed by atoms with Crippen LogP contribution < -0.4 is 4.74 Å². The summed E-state index contributed by atoms with van der Waals surface area (Å²) in [6.45, 7) is 11.0. The molecule has 0 aliphatic heterocycles. The lowest BCUT2D eigenvalue weighted by molar-refractivity contribution is 0.265. The van der Waals surface area contributed by atoms with Crippen molar-refractivity contribution in [3.8, 4) is 5.75 Å². The number of hydrogen-bond acceptors (Lipinski definition) is 2. The van der Waals surface area contributed by atoms with Crippen molar-refractivity contribution in [3.63, 3.8) is 0 Å². The zero-order valence-electron chi connectivity index (χ0n) is 17.5. The first-order valence-corrected chi connectivity index (χ1v) is 10.8. The van der Waals surface area contributed by atoms with Gasteiger partial charge in [0.05, 0.1) is 6.61 Å². The molecule has 0 spiro atoms. The van der Waals surface area contributed by atoms with E-state index in [0.717, 1.165) is 44.7 Å². The summed E-state index contributed by atoms with van der Waals surface area (Å²) in [5.41, 5.74) is 4.30. The molecule has 27 heavy (non-hydrogen) atoms. The van der Waals surface area contributed by atoms with E-state index in [9.17, 15) is 0 Å². The third kappa shape index (κ3) is 7.38. The van der Waals surface area contributed by atoms with E-state index in [2.05, 4.69) is 74.2 Å². The molecule has 0 N–H and O–H groups in total. The van der Waals surface area contributed by atoms with Gasteiger partial charge in [0.1, 0.15) is 5.75 Å². The van der Waals surface area contributed by atoms with Crippen molar-refractivity contribution in [3.05, 3.63) is 65.2 Å². The lowest BCUT2D eigenvalue weighted by Gasteiger charge is -2.18. The fourth-order valence-corrected chi connectivity index (χ4v) is 3.59. The van der Waals surface area contributed by atoms with Gasteiger partial charge in [-0.25, -0.2) is 0 Å². The topological polar surface area (TPSA) is 12.5 Å². The summed E-state index contributed by atoms with van der Waals surface area (Å²) < 4.78 is 6.13. The van der Waals surface area contributed by atoms with Crippen LogP contribution in [0.2, 0.25) is 0 Å². The maximum atomic E-state index is 6.13. The summed E-state index contributed by atoms with van der Waals surface area (Å²) in [6, 6.07) is 17.4. The number of unbranched alkanes of at least 4 members (excludes halogenated alkanes) is 1. The van der Waals surface area contributed by atoms with Gasteiger partial charge in [-0.3, -0.25) is 0 Å². The molecule has 0 bridgehead atoms. The molecule has 0 amide bonds. The first kappa shape index (κ1) is 21.5. The molecule has 0 aromatic heterocycles. The van der Waals surface area contributed by atoms with E-state index < -0.39 is 0 Å². The van der Waals surface area contributed by atoms with Crippen LogP contribution in [0.15, 0.2) is 48.5 Å². The second-order valence-electron chi connectivity index (χ2n) is 7.21. The van der Waals surface area contributed by atoms with Crippen molar-refractivity contribution in [1.29, 1.82) is 0 Å². The molecule has 0 aliphatic carbocycles. The number of benzene rings is 2. The quantitative estimate of drug-likeness (QED) is 0.407. The predicted molar refractivity (Wildman–Crippen MR) is 117 cm³/mol. The minimum Gasteiger partial charge on any atom is -0.493 e. The van der Waals surface area contributed by atoms with E-state index in [-0.39, 0.29) is 0 Å². The Balaban J connectivity index is 1.85. The Morgan fingerprint density at radius 1 is 0.704 bits per heavy atom. The van der Waals surface area contributed by atoms with E-state index in [1.54, 1.807) is 0 Å². The van der Waals surface area contributed by atoms with Crippen LogP contribution in [0.5, 0.6) is 5.75 Å². The fraction of sp³-hybridized carbons (Fsp3) is 0.520. The van der Waals surface area contributed by atoms with Gasteiger partial charge < -0.3 is 9.64 Å². The third-order valence-corrected chi connectivity index (χ3v) is 5.29. The average Bonchev–Trinajstić information content (AvgIpc) is 2.71. The van der Waals surface area contributed by atoms with Gasteiger partial charge in [-0.15, -0.1) is 0 Å². The Morgan fingerprint density at radius 2 is 1.30 bits per heavy atom. The summed E-state index contributed by atoms with van der Waals surface area (Å²) >= 11 is 0. The van der Waals surface area contributed by atoms with Crippen molar-refractivity contribution in [2.75, 3.05) is 26.2 Å². The van der Waals surface area contributed by atoms with Crippen molar-refractivity contribution in [1.82, 2.24) is 4.90 Å². The second kappa shape index (κ2) is 12.6. The zero-order valence-corrected chi connectivity index (χ0v) is 17.5. The SMILES string of the molecule is CCCc1ccccc1CCc1ccccc1OCCCCN(CC)CC. The third-order valence-electron chi connectivity index (χ3n) is 5.29. The van der Waals surface area contributed by atoms with Gasteiger partial charge >= 0.3 is 0 Å². The maximum Gasteiger partial charge on any atom is 0.122 e. The molecular formula is C25H37NO. The summed E-state index contributed by atoms with van der Waals surface area (Å²) in [6.07, 6.45) is 6.80. The van der Waals surface area contributed by atoms with Gasteiger partial charge in [-0.2, -0.15) is 0 Å². The molecule has 0 aliphatic rings. The summed E-state index contributed by atoms with van der Waals surface area (Å²) in [7, 11) is 0. The Bertz CT molecular complexity index is 648. The largest absolute Gasteiger partial charge is 0.493 e.